The Kier molecular flexibility index (Phi) is 7.14. The van der Waals surface area contributed by atoms with Crippen LogP contribution in [0.15, 0.2) is 212 Å². The van der Waals surface area contributed by atoms with Gasteiger partial charge in [0.05, 0.1) is 33.5 Å². The van der Waals surface area contributed by atoms with E-state index in [4.69, 9.17) is 9.97 Å². The van der Waals surface area contributed by atoms with Crippen LogP contribution in [0.1, 0.15) is 22.3 Å². The molecule has 2 aliphatic rings. The lowest BCUT2D eigenvalue weighted by Gasteiger charge is -2.39. The van der Waals surface area contributed by atoms with Crippen molar-refractivity contribution in [1.82, 2.24) is 14.5 Å². The van der Waals surface area contributed by atoms with Crippen molar-refractivity contribution in [2.45, 2.75) is 5.41 Å². The van der Waals surface area contributed by atoms with E-state index in [-0.39, 0.29) is 0 Å². The van der Waals surface area contributed by atoms with Crippen LogP contribution in [-0.2, 0) is 5.41 Å². The number of hydrogen-bond donors (Lipinski definition) is 0. The number of pyridine rings is 1. The minimum absolute atomic E-state index is 0.574. The Balaban J connectivity index is 1.12. The maximum atomic E-state index is 5.53. The highest BCUT2D eigenvalue weighted by molar-refractivity contribution is 6.01. The van der Waals surface area contributed by atoms with Crippen LogP contribution in [0.2, 0.25) is 0 Å². The average Bonchev–Trinajstić information content (AvgIpc) is 3.84. The van der Waals surface area contributed by atoms with E-state index in [0.717, 1.165) is 61.8 Å². The zero-order valence-electron chi connectivity index (χ0n) is 31.5. The quantitative estimate of drug-likeness (QED) is 0.176. The zero-order valence-corrected chi connectivity index (χ0v) is 31.5. The topological polar surface area (TPSA) is 30.7 Å². The largest absolute Gasteiger partial charge is 0.292 e. The SMILES string of the molecule is c1ccc(-c2ccc(-c3cc(-c4ccccc4)cc(-c4cccc5c4-c4ccccc4C54c5ccccc5-n5c(-c6ccccc6)nc6cccc4c65)n3)cc2)cc1. The molecule has 12 rings (SSSR count). The lowest BCUT2D eigenvalue weighted by Crippen LogP contribution is -2.33. The minimum atomic E-state index is -0.574. The smallest absolute Gasteiger partial charge is 0.145 e. The summed E-state index contributed by atoms with van der Waals surface area (Å²) in [6.45, 7) is 0. The van der Waals surface area contributed by atoms with Crippen LogP contribution < -0.4 is 0 Å². The third-order valence-electron chi connectivity index (χ3n) is 12.2. The standard InChI is InChI=1S/C55H35N3/c1-4-16-36(17-5-1)38-30-32-39(33-31-38)49-34-41(37-18-6-2-7-19-37)35-50(56-49)43-23-14-26-46-52(43)42-22-10-11-24-44(42)55(46)45-25-12-13-29-51(45)58-53-47(55)27-15-28-48(53)57-54(58)40-20-8-3-9-21-40/h1-35H. The minimum Gasteiger partial charge on any atom is -0.292 e. The molecule has 0 bridgehead atoms. The van der Waals surface area contributed by atoms with Crippen LogP contribution in [0.5, 0.6) is 0 Å². The molecule has 3 heterocycles. The van der Waals surface area contributed by atoms with E-state index in [0.29, 0.717) is 0 Å². The van der Waals surface area contributed by atoms with Crippen LogP contribution in [0.3, 0.4) is 0 Å². The number of imidazole rings is 1. The molecule has 1 atom stereocenters. The summed E-state index contributed by atoms with van der Waals surface area (Å²) < 4.78 is 2.39. The van der Waals surface area contributed by atoms with Gasteiger partial charge in [-0.3, -0.25) is 4.57 Å². The summed E-state index contributed by atoms with van der Waals surface area (Å²) in [4.78, 5) is 10.9. The summed E-state index contributed by atoms with van der Waals surface area (Å²) in [6, 6.07) is 76.6. The van der Waals surface area contributed by atoms with Crippen LogP contribution >= 0.6 is 0 Å². The van der Waals surface area contributed by atoms with Crippen molar-refractivity contribution in [2.75, 3.05) is 0 Å². The lowest BCUT2D eigenvalue weighted by atomic mass is 9.65. The number of aromatic nitrogens is 3. The summed E-state index contributed by atoms with van der Waals surface area (Å²) in [6.07, 6.45) is 0. The van der Waals surface area contributed by atoms with Crippen LogP contribution in [0, 0.1) is 0 Å². The van der Waals surface area contributed by atoms with Gasteiger partial charge in [-0.2, -0.15) is 0 Å². The molecule has 0 N–H and O–H groups in total. The second-order valence-electron chi connectivity index (χ2n) is 15.3. The van der Waals surface area contributed by atoms with Gasteiger partial charge in [-0.1, -0.05) is 188 Å². The van der Waals surface area contributed by atoms with Gasteiger partial charge in [0.15, 0.2) is 0 Å². The highest BCUT2D eigenvalue weighted by Crippen LogP contribution is 2.62. The molecule has 8 aromatic carbocycles. The summed E-state index contributed by atoms with van der Waals surface area (Å²) in [7, 11) is 0. The van der Waals surface area contributed by atoms with Crippen molar-refractivity contribution < 1.29 is 0 Å². The second-order valence-corrected chi connectivity index (χ2v) is 15.3. The van der Waals surface area contributed by atoms with Gasteiger partial charge < -0.3 is 0 Å². The summed E-state index contributed by atoms with van der Waals surface area (Å²) in [5.41, 5.74) is 20.1. The van der Waals surface area contributed by atoms with E-state index < -0.39 is 5.41 Å². The molecular formula is C55H35N3. The maximum Gasteiger partial charge on any atom is 0.145 e. The van der Waals surface area contributed by atoms with E-state index in [1.165, 1.54) is 44.5 Å². The molecular weight excluding hydrogens is 703 g/mol. The molecule has 0 amide bonds. The lowest BCUT2D eigenvalue weighted by molar-refractivity contribution is 0.746. The first kappa shape index (κ1) is 32.6. The van der Waals surface area contributed by atoms with Gasteiger partial charge in [-0.05, 0) is 79.9 Å². The van der Waals surface area contributed by atoms with Crippen molar-refractivity contribution in [3.05, 3.63) is 235 Å². The number of nitrogens with zero attached hydrogens (tertiary/aromatic N) is 3. The van der Waals surface area contributed by atoms with Crippen molar-refractivity contribution in [3.63, 3.8) is 0 Å². The molecule has 1 aliphatic carbocycles. The highest BCUT2D eigenvalue weighted by atomic mass is 15.1. The Morgan fingerprint density at radius 1 is 0.345 bits per heavy atom. The van der Waals surface area contributed by atoms with E-state index >= 15 is 0 Å². The molecule has 0 radical (unpaired) electrons. The van der Waals surface area contributed by atoms with Gasteiger partial charge in [0.1, 0.15) is 5.82 Å². The summed E-state index contributed by atoms with van der Waals surface area (Å²) in [5.74, 6) is 0.955. The van der Waals surface area contributed by atoms with Gasteiger partial charge in [-0.15, -0.1) is 0 Å². The molecule has 58 heavy (non-hydrogen) atoms. The van der Waals surface area contributed by atoms with Gasteiger partial charge in [0, 0.05) is 16.7 Å². The van der Waals surface area contributed by atoms with Gasteiger partial charge in [-0.25, -0.2) is 9.97 Å². The number of benzene rings is 8. The van der Waals surface area contributed by atoms with Crippen molar-refractivity contribution in [2.24, 2.45) is 0 Å². The Bertz CT molecular complexity index is 3200. The highest BCUT2D eigenvalue weighted by Gasteiger charge is 2.51. The fraction of sp³-hybridized carbons (Fsp3) is 0.0182. The first-order valence-corrected chi connectivity index (χ1v) is 19.9. The normalized spacial score (nSPS) is 14.6. The van der Waals surface area contributed by atoms with Crippen LogP contribution in [0.4, 0.5) is 0 Å². The number of fused-ring (bicyclic) bond motifs is 9. The van der Waals surface area contributed by atoms with E-state index in [1.54, 1.807) is 0 Å². The molecule has 2 aromatic heterocycles. The fourth-order valence-electron chi connectivity index (χ4n) is 9.78. The molecule has 0 saturated heterocycles. The Morgan fingerprint density at radius 3 is 1.64 bits per heavy atom. The number of para-hydroxylation sites is 2. The predicted octanol–water partition coefficient (Wildman–Crippen LogP) is 13.4. The average molecular weight is 738 g/mol. The van der Waals surface area contributed by atoms with Crippen molar-refractivity contribution in [1.29, 1.82) is 0 Å². The summed E-state index contributed by atoms with van der Waals surface area (Å²) >= 11 is 0. The molecule has 10 aromatic rings. The predicted molar refractivity (Wildman–Crippen MR) is 237 cm³/mol. The molecule has 3 nitrogen and oxygen atoms in total. The van der Waals surface area contributed by atoms with Crippen molar-refractivity contribution in [3.8, 4) is 73.0 Å². The van der Waals surface area contributed by atoms with Gasteiger partial charge in [0.2, 0.25) is 0 Å². The molecule has 1 aliphatic heterocycles. The number of hydrogen-bond acceptors (Lipinski definition) is 2. The van der Waals surface area contributed by atoms with Gasteiger partial charge in [0.25, 0.3) is 0 Å². The van der Waals surface area contributed by atoms with Crippen molar-refractivity contribution >= 4 is 11.0 Å². The Morgan fingerprint density at radius 2 is 0.879 bits per heavy atom. The first-order chi connectivity index (χ1) is 28.8. The third-order valence-corrected chi connectivity index (χ3v) is 12.2. The van der Waals surface area contributed by atoms with Crippen LogP contribution in [-0.4, -0.2) is 14.5 Å². The number of rotatable bonds is 5. The molecule has 270 valence electrons. The second kappa shape index (κ2) is 12.7. The fourth-order valence-corrected chi connectivity index (χ4v) is 9.78. The Labute approximate surface area is 337 Å². The maximum absolute atomic E-state index is 5.53. The van der Waals surface area contributed by atoms with E-state index in [9.17, 15) is 0 Å². The molecule has 0 saturated carbocycles. The molecule has 3 heteroatoms. The van der Waals surface area contributed by atoms with E-state index in [1.807, 2.05) is 0 Å². The van der Waals surface area contributed by atoms with E-state index in [2.05, 4.69) is 217 Å². The molecule has 1 unspecified atom stereocenters. The monoisotopic (exact) mass is 737 g/mol. The third kappa shape index (κ3) is 4.68. The molecule has 1 spiro atoms. The first-order valence-electron chi connectivity index (χ1n) is 19.9. The molecule has 0 fully saturated rings. The van der Waals surface area contributed by atoms with Crippen LogP contribution in [0.25, 0.3) is 84.0 Å². The Hall–Kier alpha value is -7.62. The van der Waals surface area contributed by atoms with Gasteiger partial charge >= 0.3 is 0 Å². The summed E-state index contributed by atoms with van der Waals surface area (Å²) in [5, 5.41) is 0. The zero-order chi connectivity index (χ0) is 38.2.